The Labute approximate surface area is 152 Å². The Kier molecular flexibility index (Phi) is 5.39. The van der Waals surface area contributed by atoms with Gasteiger partial charge in [0.15, 0.2) is 0 Å². The molecule has 1 fully saturated rings. The summed E-state index contributed by atoms with van der Waals surface area (Å²) in [5.74, 6) is -0.512. The number of nitrogens with zero attached hydrogens (tertiary/aromatic N) is 1. The van der Waals surface area contributed by atoms with E-state index in [2.05, 4.69) is 24.4 Å². The van der Waals surface area contributed by atoms with Crippen LogP contribution >= 0.6 is 11.6 Å². The fourth-order valence-electron chi connectivity index (χ4n) is 3.01. The zero-order valence-corrected chi connectivity index (χ0v) is 14.9. The molecule has 1 aliphatic rings. The third-order valence-electron chi connectivity index (χ3n) is 4.54. The van der Waals surface area contributed by atoms with E-state index in [1.807, 2.05) is 24.3 Å². The summed E-state index contributed by atoms with van der Waals surface area (Å²) in [6, 6.07) is 15.4. The van der Waals surface area contributed by atoms with Crippen molar-refractivity contribution in [2.75, 3.05) is 11.4 Å². The smallest absolute Gasteiger partial charge is 0.227 e. The lowest BCUT2D eigenvalue weighted by Crippen LogP contribution is -2.32. The highest BCUT2D eigenvalue weighted by atomic mass is 35.5. The number of nitrogens with one attached hydrogen (secondary N) is 1. The first kappa shape index (κ1) is 17.5. The lowest BCUT2D eigenvalue weighted by molar-refractivity contribution is -0.126. The average molecular weight is 357 g/mol. The quantitative estimate of drug-likeness (QED) is 0.890. The van der Waals surface area contributed by atoms with Crippen LogP contribution in [-0.4, -0.2) is 18.4 Å². The summed E-state index contributed by atoms with van der Waals surface area (Å²) in [5, 5.41) is 3.46. The van der Waals surface area contributed by atoms with Crippen molar-refractivity contribution in [3.63, 3.8) is 0 Å². The van der Waals surface area contributed by atoms with Crippen molar-refractivity contribution in [3.05, 3.63) is 64.7 Å². The molecule has 0 bridgehead atoms. The lowest BCUT2D eigenvalue weighted by Gasteiger charge is -2.18. The van der Waals surface area contributed by atoms with E-state index in [1.165, 1.54) is 5.56 Å². The van der Waals surface area contributed by atoms with Crippen molar-refractivity contribution >= 4 is 29.1 Å². The Balaban J connectivity index is 1.60. The van der Waals surface area contributed by atoms with Gasteiger partial charge in [-0.15, -0.1) is 0 Å². The second-order valence-electron chi connectivity index (χ2n) is 6.24. The van der Waals surface area contributed by atoms with Crippen LogP contribution in [-0.2, 0) is 22.6 Å². The van der Waals surface area contributed by atoms with Crippen LogP contribution < -0.4 is 10.2 Å². The molecule has 2 amide bonds. The van der Waals surface area contributed by atoms with Crippen LogP contribution in [0.1, 0.15) is 24.5 Å². The molecule has 0 unspecified atom stereocenters. The van der Waals surface area contributed by atoms with Crippen LogP contribution in [0.2, 0.25) is 5.02 Å². The molecule has 2 aromatic rings. The third-order valence-corrected chi connectivity index (χ3v) is 4.86. The molecule has 5 heteroatoms. The average Bonchev–Trinajstić information content (AvgIpc) is 3.02. The van der Waals surface area contributed by atoms with Crippen LogP contribution in [0.5, 0.6) is 0 Å². The number of rotatable bonds is 5. The van der Waals surface area contributed by atoms with Gasteiger partial charge >= 0.3 is 0 Å². The number of amides is 2. The number of halogens is 1. The van der Waals surface area contributed by atoms with Gasteiger partial charge < -0.3 is 10.2 Å². The van der Waals surface area contributed by atoms with Gasteiger partial charge in [0.25, 0.3) is 0 Å². The summed E-state index contributed by atoms with van der Waals surface area (Å²) in [6.45, 7) is 2.95. The molecule has 0 saturated carbocycles. The molecular weight excluding hydrogens is 336 g/mol. The molecule has 0 aliphatic carbocycles. The molecule has 1 saturated heterocycles. The van der Waals surface area contributed by atoms with Gasteiger partial charge in [0, 0.05) is 19.5 Å². The summed E-state index contributed by atoms with van der Waals surface area (Å²) in [4.78, 5) is 26.3. The van der Waals surface area contributed by atoms with Crippen molar-refractivity contribution in [1.82, 2.24) is 5.32 Å². The highest BCUT2D eigenvalue weighted by Crippen LogP contribution is 2.31. The minimum atomic E-state index is -0.348. The Morgan fingerprint density at radius 1 is 1.16 bits per heavy atom. The minimum Gasteiger partial charge on any atom is -0.352 e. The van der Waals surface area contributed by atoms with Gasteiger partial charge in [0.1, 0.15) is 0 Å². The second-order valence-corrected chi connectivity index (χ2v) is 6.65. The maximum atomic E-state index is 12.4. The Morgan fingerprint density at radius 3 is 2.52 bits per heavy atom. The normalized spacial score (nSPS) is 17.0. The second kappa shape index (κ2) is 7.70. The van der Waals surface area contributed by atoms with Gasteiger partial charge in [-0.25, -0.2) is 0 Å². The van der Waals surface area contributed by atoms with Gasteiger partial charge in [-0.2, -0.15) is 0 Å². The van der Waals surface area contributed by atoms with Gasteiger partial charge in [0.05, 0.1) is 16.6 Å². The molecule has 0 radical (unpaired) electrons. The van der Waals surface area contributed by atoms with E-state index >= 15 is 0 Å². The topological polar surface area (TPSA) is 49.4 Å². The molecule has 0 spiro atoms. The summed E-state index contributed by atoms with van der Waals surface area (Å²) >= 11 is 6.17. The highest BCUT2D eigenvalue weighted by Gasteiger charge is 2.35. The van der Waals surface area contributed by atoms with Crippen molar-refractivity contribution in [1.29, 1.82) is 0 Å². The molecule has 1 N–H and O–H groups in total. The molecule has 4 nitrogen and oxygen atoms in total. The molecule has 25 heavy (non-hydrogen) atoms. The fourth-order valence-corrected chi connectivity index (χ4v) is 3.25. The lowest BCUT2D eigenvalue weighted by atomic mass is 10.1. The van der Waals surface area contributed by atoms with Crippen LogP contribution in [0.15, 0.2) is 48.5 Å². The van der Waals surface area contributed by atoms with Gasteiger partial charge in [-0.05, 0) is 29.7 Å². The van der Waals surface area contributed by atoms with E-state index < -0.39 is 0 Å². The van der Waals surface area contributed by atoms with Crippen LogP contribution in [0.25, 0.3) is 0 Å². The predicted octanol–water partition coefficient (Wildman–Crippen LogP) is 3.57. The number of carbonyl (C=O) groups excluding carboxylic acids is 2. The first-order valence-corrected chi connectivity index (χ1v) is 8.86. The van der Waals surface area contributed by atoms with Gasteiger partial charge in [-0.1, -0.05) is 54.9 Å². The zero-order valence-electron chi connectivity index (χ0n) is 14.2. The fraction of sp³-hybridized carbons (Fsp3) is 0.300. The molecular formula is C20H21ClN2O2. The summed E-state index contributed by atoms with van der Waals surface area (Å²) in [5.41, 5.74) is 2.99. The first-order chi connectivity index (χ1) is 12.1. The molecule has 3 rings (SSSR count). The predicted molar refractivity (Wildman–Crippen MR) is 99.6 cm³/mol. The van der Waals surface area contributed by atoms with Crippen molar-refractivity contribution in [2.45, 2.75) is 26.3 Å². The molecule has 130 valence electrons. The number of benzene rings is 2. The van der Waals surface area contributed by atoms with E-state index in [4.69, 9.17) is 11.6 Å². The molecule has 1 aliphatic heterocycles. The van der Waals surface area contributed by atoms with E-state index in [-0.39, 0.29) is 24.2 Å². The maximum Gasteiger partial charge on any atom is 0.227 e. The monoisotopic (exact) mass is 356 g/mol. The third kappa shape index (κ3) is 4.02. The Morgan fingerprint density at radius 2 is 1.84 bits per heavy atom. The zero-order chi connectivity index (χ0) is 17.8. The number of hydrogen-bond acceptors (Lipinski definition) is 2. The van der Waals surface area contributed by atoms with E-state index in [1.54, 1.807) is 17.0 Å². The van der Waals surface area contributed by atoms with E-state index in [0.717, 1.165) is 12.0 Å². The molecule has 0 aromatic heterocycles. The minimum absolute atomic E-state index is 0.0689. The number of hydrogen-bond donors (Lipinski definition) is 1. The van der Waals surface area contributed by atoms with Crippen molar-refractivity contribution in [3.8, 4) is 0 Å². The van der Waals surface area contributed by atoms with E-state index in [9.17, 15) is 9.59 Å². The SMILES string of the molecule is CCc1ccc(CNC(=O)[C@H]2CC(=O)N(c3ccccc3Cl)C2)cc1. The standard InChI is InChI=1S/C20H21ClN2O2/c1-2-14-7-9-15(10-8-14)12-22-20(25)16-11-19(24)23(13-16)18-6-4-3-5-17(18)21/h3-10,16H,2,11-13H2,1H3,(H,22,25)/t16-/m0/s1. The maximum absolute atomic E-state index is 12.4. The number of aryl methyl sites for hydroxylation is 1. The van der Waals surface area contributed by atoms with Crippen molar-refractivity contribution in [2.24, 2.45) is 5.92 Å². The molecule has 2 aromatic carbocycles. The molecule has 1 heterocycles. The summed E-state index contributed by atoms with van der Waals surface area (Å²) < 4.78 is 0. The van der Waals surface area contributed by atoms with Gasteiger partial charge in [0.2, 0.25) is 11.8 Å². The van der Waals surface area contributed by atoms with E-state index in [0.29, 0.717) is 23.8 Å². The van der Waals surface area contributed by atoms with Gasteiger partial charge in [-0.3, -0.25) is 9.59 Å². The number of carbonyl (C=O) groups is 2. The van der Waals surface area contributed by atoms with Crippen LogP contribution in [0, 0.1) is 5.92 Å². The van der Waals surface area contributed by atoms with Crippen LogP contribution in [0.4, 0.5) is 5.69 Å². The Hall–Kier alpha value is -2.33. The van der Waals surface area contributed by atoms with Crippen molar-refractivity contribution < 1.29 is 9.59 Å². The summed E-state index contributed by atoms with van der Waals surface area (Å²) in [6.07, 6.45) is 1.21. The highest BCUT2D eigenvalue weighted by molar-refractivity contribution is 6.33. The number of para-hydroxylation sites is 1. The molecule has 1 atom stereocenters. The summed E-state index contributed by atoms with van der Waals surface area (Å²) in [7, 11) is 0. The van der Waals surface area contributed by atoms with Crippen LogP contribution in [0.3, 0.4) is 0 Å². The number of anilines is 1. The first-order valence-electron chi connectivity index (χ1n) is 8.49. The Bertz CT molecular complexity index is 774. The largest absolute Gasteiger partial charge is 0.352 e.